The highest BCUT2D eigenvalue weighted by molar-refractivity contribution is 5.88. The van der Waals surface area contributed by atoms with E-state index in [2.05, 4.69) is 0 Å². The number of para-hydroxylation sites is 1. The van der Waals surface area contributed by atoms with Gasteiger partial charge in [-0.15, -0.1) is 0 Å². The van der Waals surface area contributed by atoms with Crippen LogP contribution in [0.1, 0.15) is 12.5 Å². The molecule has 8 heteroatoms. The van der Waals surface area contributed by atoms with Gasteiger partial charge in [0.1, 0.15) is 5.75 Å². The first-order chi connectivity index (χ1) is 9.58. The fourth-order valence-electron chi connectivity index (χ4n) is 1.42. The number of ether oxygens (including phenoxy) is 1. The molecule has 0 heterocycles. The maximum Gasteiger partial charge on any atom is 0.422 e. The third kappa shape index (κ3) is 3.87. The summed E-state index contributed by atoms with van der Waals surface area (Å²) in [5.41, 5.74) is -2.67. The van der Waals surface area contributed by atoms with E-state index in [4.69, 9.17) is 9.84 Å². The molecule has 0 aliphatic heterocycles. The third-order valence-corrected chi connectivity index (χ3v) is 2.84. The van der Waals surface area contributed by atoms with E-state index in [1.54, 1.807) is 31.2 Å². The highest BCUT2D eigenvalue weighted by Gasteiger charge is 2.58. The summed E-state index contributed by atoms with van der Waals surface area (Å²) in [6.07, 6.45) is -5.13. The van der Waals surface area contributed by atoms with Gasteiger partial charge in [-0.2, -0.15) is 13.2 Å². The predicted molar refractivity (Wildman–Crippen MR) is 66.9 cm³/mol. The van der Waals surface area contributed by atoms with Gasteiger partial charge in [-0.1, -0.05) is 18.2 Å². The minimum absolute atomic E-state index is 0.330. The van der Waals surface area contributed by atoms with Crippen molar-refractivity contribution in [2.75, 3.05) is 6.61 Å². The molecule has 1 aromatic rings. The molecule has 116 valence electrons. The summed E-state index contributed by atoms with van der Waals surface area (Å²) >= 11 is 0. The molecule has 0 aliphatic carbocycles. The van der Waals surface area contributed by atoms with E-state index >= 15 is 0 Å². The molecule has 1 amide bonds. The highest BCUT2D eigenvalue weighted by atomic mass is 19.4. The van der Waals surface area contributed by atoms with Crippen LogP contribution < -0.4 is 10.1 Å². The second-order valence-electron chi connectivity index (χ2n) is 4.53. The number of alkyl halides is 3. The van der Waals surface area contributed by atoms with Gasteiger partial charge in [-0.3, -0.25) is 4.79 Å². The monoisotopic (exact) mass is 305 g/mol. The summed E-state index contributed by atoms with van der Waals surface area (Å²) in [4.78, 5) is 22.3. The van der Waals surface area contributed by atoms with Crippen LogP contribution in [0.15, 0.2) is 24.3 Å². The highest BCUT2D eigenvalue weighted by Crippen LogP contribution is 2.30. The van der Waals surface area contributed by atoms with Crippen molar-refractivity contribution < 1.29 is 32.6 Å². The average molecular weight is 305 g/mol. The van der Waals surface area contributed by atoms with Crippen LogP contribution in [0.2, 0.25) is 0 Å². The van der Waals surface area contributed by atoms with Crippen molar-refractivity contribution in [3.8, 4) is 5.75 Å². The van der Waals surface area contributed by atoms with E-state index in [1.807, 2.05) is 0 Å². The van der Waals surface area contributed by atoms with Gasteiger partial charge in [-0.05, 0) is 25.5 Å². The van der Waals surface area contributed by atoms with Crippen molar-refractivity contribution in [3.05, 3.63) is 29.8 Å². The zero-order chi connectivity index (χ0) is 16.3. The van der Waals surface area contributed by atoms with Gasteiger partial charge in [0.15, 0.2) is 6.61 Å². The van der Waals surface area contributed by atoms with Crippen molar-refractivity contribution in [2.24, 2.45) is 0 Å². The summed E-state index contributed by atoms with van der Waals surface area (Å²) in [5, 5.41) is 10.1. The van der Waals surface area contributed by atoms with Crippen molar-refractivity contribution >= 4 is 11.9 Å². The lowest BCUT2D eigenvalue weighted by atomic mass is 10.0. The number of hydrogen-bond donors (Lipinski definition) is 2. The first kappa shape index (κ1) is 16.8. The van der Waals surface area contributed by atoms with Crippen LogP contribution in [0.3, 0.4) is 0 Å². The first-order valence-corrected chi connectivity index (χ1v) is 5.87. The molecule has 2 N–H and O–H groups in total. The number of amides is 1. The van der Waals surface area contributed by atoms with Gasteiger partial charge in [-0.25, -0.2) is 4.79 Å². The van der Waals surface area contributed by atoms with Gasteiger partial charge < -0.3 is 15.2 Å². The van der Waals surface area contributed by atoms with Gasteiger partial charge in [0, 0.05) is 0 Å². The predicted octanol–water partition coefficient (Wildman–Crippen LogP) is 1.90. The fraction of sp³-hybridized carbons (Fsp3) is 0.385. The standard InChI is InChI=1S/C13H14F3NO4/c1-8-5-3-4-6-9(8)21-7-10(18)17-12(2,11(19)20)13(14,15)16/h3-6H,7H2,1-2H3,(H,17,18)(H,19,20). The van der Waals surface area contributed by atoms with Gasteiger partial charge in [0.25, 0.3) is 5.91 Å². The SMILES string of the molecule is Cc1ccccc1OCC(=O)NC(C)(C(=O)O)C(F)(F)F. The third-order valence-electron chi connectivity index (χ3n) is 2.84. The number of aryl methyl sites for hydroxylation is 1. The molecular formula is C13H14F3NO4. The molecule has 0 saturated carbocycles. The maximum atomic E-state index is 12.7. The lowest BCUT2D eigenvalue weighted by molar-refractivity contribution is -0.207. The normalized spacial score (nSPS) is 14.1. The number of carboxylic acids is 1. The molecule has 0 aromatic heterocycles. The van der Waals surface area contributed by atoms with E-state index in [1.165, 1.54) is 5.32 Å². The Bertz CT molecular complexity index is 544. The van der Waals surface area contributed by atoms with Crippen LogP contribution in [-0.4, -0.2) is 35.3 Å². The Morgan fingerprint density at radius 1 is 1.29 bits per heavy atom. The molecule has 5 nitrogen and oxygen atoms in total. The van der Waals surface area contributed by atoms with Crippen molar-refractivity contribution in [2.45, 2.75) is 25.6 Å². The fourth-order valence-corrected chi connectivity index (χ4v) is 1.42. The van der Waals surface area contributed by atoms with E-state index in [0.29, 0.717) is 18.2 Å². The van der Waals surface area contributed by atoms with E-state index in [-0.39, 0.29) is 0 Å². The zero-order valence-corrected chi connectivity index (χ0v) is 11.3. The molecule has 1 atom stereocenters. The molecular weight excluding hydrogens is 291 g/mol. The number of carboxylic acid groups (broad SMARTS) is 1. The average Bonchev–Trinajstić information content (AvgIpc) is 2.36. The smallest absolute Gasteiger partial charge is 0.422 e. The Kier molecular flexibility index (Phi) is 4.82. The van der Waals surface area contributed by atoms with Gasteiger partial charge in [0.05, 0.1) is 0 Å². The second kappa shape index (κ2) is 6.02. The van der Waals surface area contributed by atoms with Crippen LogP contribution in [0, 0.1) is 6.92 Å². The summed E-state index contributed by atoms with van der Waals surface area (Å²) < 4.78 is 43.2. The van der Waals surface area contributed by atoms with Crippen LogP contribution in [0.5, 0.6) is 5.75 Å². The molecule has 1 unspecified atom stereocenters. The van der Waals surface area contributed by atoms with Crippen molar-refractivity contribution in [3.63, 3.8) is 0 Å². The summed E-state index contributed by atoms with van der Waals surface area (Å²) in [6, 6.07) is 6.61. The number of carbonyl (C=O) groups is 2. The number of benzene rings is 1. The number of carbonyl (C=O) groups excluding carboxylic acids is 1. The first-order valence-electron chi connectivity index (χ1n) is 5.87. The van der Waals surface area contributed by atoms with Crippen molar-refractivity contribution in [1.82, 2.24) is 5.32 Å². The quantitative estimate of drug-likeness (QED) is 0.871. The van der Waals surface area contributed by atoms with E-state index in [9.17, 15) is 22.8 Å². The molecule has 0 saturated heterocycles. The Balaban J connectivity index is 2.73. The van der Waals surface area contributed by atoms with E-state index in [0.717, 1.165) is 0 Å². The summed E-state index contributed by atoms with van der Waals surface area (Å²) in [6.45, 7) is 1.36. The topological polar surface area (TPSA) is 75.6 Å². The van der Waals surface area contributed by atoms with Crippen LogP contribution in [0.4, 0.5) is 13.2 Å². The Hall–Kier alpha value is -2.25. The number of halogens is 3. The number of rotatable bonds is 5. The number of hydrogen-bond acceptors (Lipinski definition) is 3. The van der Waals surface area contributed by atoms with Crippen LogP contribution in [0.25, 0.3) is 0 Å². The minimum atomic E-state index is -5.13. The van der Waals surface area contributed by atoms with Crippen LogP contribution >= 0.6 is 0 Å². The molecule has 0 fully saturated rings. The Morgan fingerprint density at radius 2 is 1.86 bits per heavy atom. The summed E-state index contributed by atoms with van der Waals surface area (Å²) in [5.74, 6) is -3.04. The number of aliphatic carboxylic acids is 1. The lowest BCUT2D eigenvalue weighted by Gasteiger charge is -2.28. The summed E-state index contributed by atoms with van der Waals surface area (Å²) in [7, 11) is 0. The molecule has 0 aliphatic rings. The molecule has 1 aromatic carbocycles. The van der Waals surface area contributed by atoms with Crippen molar-refractivity contribution in [1.29, 1.82) is 0 Å². The van der Waals surface area contributed by atoms with E-state index < -0.39 is 30.2 Å². The molecule has 0 bridgehead atoms. The van der Waals surface area contributed by atoms with Gasteiger partial charge >= 0.3 is 12.1 Å². The second-order valence-corrected chi connectivity index (χ2v) is 4.53. The lowest BCUT2D eigenvalue weighted by Crippen LogP contribution is -2.62. The largest absolute Gasteiger partial charge is 0.484 e. The molecule has 21 heavy (non-hydrogen) atoms. The molecule has 1 rings (SSSR count). The maximum absolute atomic E-state index is 12.7. The Labute approximate surface area is 118 Å². The molecule has 0 radical (unpaired) electrons. The van der Waals surface area contributed by atoms with Gasteiger partial charge in [0.2, 0.25) is 5.54 Å². The Morgan fingerprint density at radius 3 is 2.33 bits per heavy atom. The zero-order valence-electron chi connectivity index (χ0n) is 11.3. The molecule has 0 spiro atoms. The van der Waals surface area contributed by atoms with Crippen LogP contribution in [-0.2, 0) is 9.59 Å². The number of nitrogens with one attached hydrogen (secondary N) is 1. The minimum Gasteiger partial charge on any atom is -0.484 e.